The smallest absolute Gasteiger partial charge is 0.132 e. The average Bonchev–Trinajstić information content (AvgIpc) is 2.30. The summed E-state index contributed by atoms with van der Waals surface area (Å²) in [6.07, 6.45) is 3.39. The van der Waals surface area contributed by atoms with Gasteiger partial charge in [0.1, 0.15) is 5.82 Å². The van der Waals surface area contributed by atoms with Gasteiger partial charge in [-0.2, -0.15) is 0 Å². The Labute approximate surface area is 121 Å². The minimum Gasteiger partial charge on any atom is -0.383 e. The van der Waals surface area contributed by atoms with Crippen LogP contribution in [-0.4, -0.2) is 11.2 Å². The first kappa shape index (κ1) is 12.5. The number of pyridine rings is 1. The number of hydrogen-bond donors (Lipinski definition) is 1. The Kier molecular flexibility index (Phi) is 4.11. The van der Waals surface area contributed by atoms with Crippen molar-refractivity contribution in [2.75, 3.05) is 5.73 Å². The van der Waals surface area contributed by atoms with E-state index >= 15 is 0 Å². The Hall–Kier alpha value is -0.950. The zero-order chi connectivity index (χ0) is 12.3. The van der Waals surface area contributed by atoms with Gasteiger partial charge in [-0.05, 0) is 62.8 Å². The number of benzene rings is 1. The molecule has 2 N–H and O–H groups in total. The number of nitrogens with zero attached hydrogens (tertiary/aromatic N) is 2. The molecule has 0 amide bonds. The van der Waals surface area contributed by atoms with Crippen molar-refractivity contribution >= 4 is 56.2 Å². The van der Waals surface area contributed by atoms with E-state index in [1.54, 1.807) is 12.4 Å². The normalized spacial score (nSPS) is 10.9. The molecule has 1 aromatic carbocycles. The highest BCUT2D eigenvalue weighted by molar-refractivity contribution is 14.1. The Morgan fingerprint density at radius 3 is 2.94 bits per heavy atom. The highest BCUT2D eigenvalue weighted by Gasteiger charge is 1.98. The van der Waals surface area contributed by atoms with Crippen molar-refractivity contribution in [3.05, 3.63) is 50.1 Å². The molecule has 1 aromatic heterocycles. The predicted molar refractivity (Wildman–Crippen MR) is 82.8 cm³/mol. The maximum atomic E-state index is 5.76. The van der Waals surface area contributed by atoms with Crippen LogP contribution in [-0.2, 0) is 0 Å². The van der Waals surface area contributed by atoms with Crippen LogP contribution in [0.25, 0.3) is 0 Å². The molecule has 3 nitrogen and oxygen atoms in total. The maximum absolute atomic E-state index is 5.76. The third kappa shape index (κ3) is 3.50. The van der Waals surface area contributed by atoms with Crippen LogP contribution >= 0.6 is 38.5 Å². The molecule has 0 aliphatic rings. The standard InChI is InChI=1S/C12H9BrIN3/c13-9-4-8(12(15)17-7-9)6-16-11-3-1-2-10(14)5-11/h1-7H,(H2,15,17)/b16-6+. The zero-order valence-corrected chi connectivity index (χ0v) is 12.5. The molecule has 2 rings (SSSR count). The summed E-state index contributed by atoms with van der Waals surface area (Å²) < 4.78 is 2.04. The van der Waals surface area contributed by atoms with Crippen LogP contribution in [0.15, 0.2) is 46.0 Å². The summed E-state index contributed by atoms with van der Waals surface area (Å²) in [5.41, 5.74) is 7.46. The summed E-state index contributed by atoms with van der Waals surface area (Å²) in [4.78, 5) is 8.42. The lowest BCUT2D eigenvalue weighted by Gasteiger charge is -1.99. The summed E-state index contributed by atoms with van der Waals surface area (Å²) >= 11 is 5.61. The van der Waals surface area contributed by atoms with E-state index in [1.807, 2.05) is 30.3 Å². The Bertz CT molecular complexity index is 569. The zero-order valence-electron chi connectivity index (χ0n) is 8.77. The minimum absolute atomic E-state index is 0.475. The number of halogens is 2. The molecular formula is C12H9BrIN3. The molecule has 0 atom stereocenters. The second-order valence-electron chi connectivity index (χ2n) is 3.37. The second-order valence-corrected chi connectivity index (χ2v) is 5.53. The molecule has 2 aromatic rings. The van der Waals surface area contributed by atoms with E-state index in [2.05, 4.69) is 48.5 Å². The van der Waals surface area contributed by atoms with Gasteiger partial charge in [0, 0.05) is 26.0 Å². The van der Waals surface area contributed by atoms with Crippen molar-refractivity contribution in [3.63, 3.8) is 0 Å². The van der Waals surface area contributed by atoms with Crippen LogP contribution in [0.4, 0.5) is 11.5 Å². The molecule has 86 valence electrons. The van der Waals surface area contributed by atoms with Crippen LogP contribution in [0.2, 0.25) is 0 Å². The number of anilines is 1. The van der Waals surface area contributed by atoms with Crippen molar-refractivity contribution in [2.24, 2.45) is 4.99 Å². The lowest BCUT2D eigenvalue weighted by atomic mass is 10.3. The van der Waals surface area contributed by atoms with Gasteiger partial charge in [-0.25, -0.2) is 4.98 Å². The SMILES string of the molecule is Nc1ncc(Br)cc1/C=N/c1cccc(I)c1. The van der Waals surface area contributed by atoms with Gasteiger partial charge in [-0.1, -0.05) is 6.07 Å². The Morgan fingerprint density at radius 2 is 2.18 bits per heavy atom. The van der Waals surface area contributed by atoms with Crippen LogP contribution in [0.1, 0.15) is 5.56 Å². The number of hydrogen-bond acceptors (Lipinski definition) is 3. The number of aliphatic imine (C=N–C) groups is 1. The molecule has 0 spiro atoms. The molecular weight excluding hydrogens is 393 g/mol. The van der Waals surface area contributed by atoms with E-state index in [0.717, 1.165) is 19.3 Å². The van der Waals surface area contributed by atoms with Gasteiger partial charge in [0.25, 0.3) is 0 Å². The maximum Gasteiger partial charge on any atom is 0.132 e. The van der Waals surface area contributed by atoms with Crippen LogP contribution in [0, 0.1) is 3.57 Å². The summed E-state index contributed by atoms with van der Waals surface area (Å²) in [6.45, 7) is 0. The van der Waals surface area contributed by atoms with Crippen molar-refractivity contribution < 1.29 is 0 Å². The number of rotatable bonds is 2. The first-order chi connectivity index (χ1) is 8.15. The van der Waals surface area contributed by atoms with Crippen molar-refractivity contribution in [3.8, 4) is 0 Å². The molecule has 0 saturated heterocycles. The second kappa shape index (κ2) is 5.59. The average molecular weight is 402 g/mol. The predicted octanol–water partition coefficient (Wildman–Crippen LogP) is 3.78. The monoisotopic (exact) mass is 401 g/mol. The lowest BCUT2D eigenvalue weighted by Crippen LogP contribution is -1.96. The molecule has 5 heteroatoms. The molecule has 0 radical (unpaired) electrons. The van der Waals surface area contributed by atoms with E-state index in [1.165, 1.54) is 0 Å². The number of nitrogen functional groups attached to an aromatic ring is 1. The first-order valence-corrected chi connectivity index (χ1v) is 6.73. The fraction of sp³-hybridized carbons (Fsp3) is 0. The van der Waals surface area contributed by atoms with Crippen molar-refractivity contribution in [1.29, 1.82) is 0 Å². The van der Waals surface area contributed by atoms with E-state index < -0.39 is 0 Å². The molecule has 0 unspecified atom stereocenters. The molecule has 0 bridgehead atoms. The molecule has 0 saturated carbocycles. The van der Waals surface area contributed by atoms with Crippen LogP contribution < -0.4 is 5.73 Å². The molecule has 0 fully saturated rings. The number of nitrogens with two attached hydrogens (primary N) is 1. The quantitative estimate of drug-likeness (QED) is 0.614. The van der Waals surface area contributed by atoms with Gasteiger partial charge < -0.3 is 5.73 Å². The van der Waals surface area contributed by atoms with E-state index in [-0.39, 0.29) is 0 Å². The fourth-order valence-corrected chi connectivity index (χ4v) is 2.15. The van der Waals surface area contributed by atoms with Gasteiger partial charge in [-0.3, -0.25) is 4.99 Å². The van der Waals surface area contributed by atoms with Gasteiger partial charge in [0.05, 0.1) is 5.69 Å². The van der Waals surface area contributed by atoms with Crippen LogP contribution in [0.5, 0.6) is 0 Å². The lowest BCUT2D eigenvalue weighted by molar-refractivity contribution is 1.31. The van der Waals surface area contributed by atoms with Crippen molar-refractivity contribution in [1.82, 2.24) is 4.98 Å². The molecule has 1 heterocycles. The number of aromatic nitrogens is 1. The van der Waals surface area contributed by atoms with Crippen LogP contribution in [0.3, 0.4) is 0 Å². The minimum atomic E-state index is 0.475. The molecule has 0 aliphatic heterocycles. The topological polar surface area (TPSA) is 51.3 Å². The summed E-state index contributed by atoms with van der Waals surface area (Å²) in [5.74, 6) is 0.475. The van der Waals surface area contributed by atoms with Gasteiger partial charge in [0.15, 0.2) is 0 Å². The first-order valence-electron chi connectivity index (χ1n) is 4.86. The molecule has 17 heavy (non-hydrogen) atoms. The largest absolute Gasteiger partial charge is 0.383 e. The Balaban J connectivity index is 2.29. The van der Waals surface area contributed by atoms with Gasteiger partial charge in [0.2, 0.25) is 0 Å². The third-order valence-electron chi connectivity index (χ3n) is 2.08. The Morgan fingerprint density at radius 1 is 1.35 bits per heavy atom. The fourth-order valence-electron chi connectivity index (χ4n) is 1.27. The third-order valence-corrected chi connectivity index (χ3v) is 3.18. The highest BCUT2D eigenvalue weighted by Crippen LogP contribution is 2.17. The summed E-state index contributed by atoms with van der Waals surface area (Å²) in [6, 6.07) is 9.82. The highest BCUT2D eigenvalue weighted by atomic mass is 127. The van der Waals surface area contributed by atoms with E-state index in [0.29, 0.717) is 5.82 Å². The molecule has 0 aliphatic carbocycles. The van der Waals surface area contributed by atoms with Gasteiger partial charge >= 0.3 is 0 Å². The summed E-state index contributed by atoms with van der Waals surface area (Å²) in [5, 5.41) is 0. The van der Waals surface area contributed by atoms with E-state index in [9.17, 15) is 0 Å². The summed E-state index contributed by atoms with van der Waals surface area (Å²) in [7, 11) is 0. The van der Waals surface area contributed by atoms with E-state index in [4.69, 9.17) is 5.73 Å². The van der Waals surface area contributed by atoms with Crippen molar-refractivity contribution in [2.45, 2.75) is 0 Å². The van der Waals surface area contributed by atoms with Gasteiger partial charge in [-0.15, -0.1) is 0 Å².